The summed E-state index contributed by atoms with van der Waals surface area (Å²) in [5, 5.41) is 10.8. The highest BCUT2D eigenvalue weighted by Crippen LogP contribution is 2.37. The van der Waals surface area contributed by atoms with Gasteiger partial charge < -0.3 is 10.1 Å². The van der Waals surface area contributed by atoms with Gasteiger partial charge in [0.1, 0.15) is 5.75 Å². The Kier molecular flexibility index (Phi) is 4.97. The average molecular weight is 409 g/mol. The lowest BCUT2D eigenvalue weighted by Crippen LogP contribution is -2.59. The van der Waals surface area contributed by atoms with Gasteiger partial charge >= 0.3 is 6.18 Å². The minimum Gasteiger partial charge on any atom is -0.496 e. The van der Waals surface area contributed by atoms with E-state index in [4.69, 9.17) is 4.74 Å². The van der Waals surface area contributed by atoms with E-state index in [1.807, 2.05) is 11.8 Å². The maximum Gasteiger partial charge on any atom is 0.416 e. The number of ether oxygens (including phenoxy) is 1. The first-order chi connectivity index (χ1) is 13.8. The summed E-state index contributed by atoms with van der Waals surface area (Å²) >= 11 is 0. The number of methoxy groups -OCH3 is 1. The molecule has 1 N–H and O–H groups in total. The van der Waals surface area contributed by atoms with Crippen molar-refractivity contribution in [3.8, 4) is 5.75 Å². The first-order valence-corrected chi connectivity index (χ1v) is 9.48. The second-order valence-corrected chi connectivity index (χ2v) is 7.57. The lowest BCUT2D eigenvalue weighted by atomic mass is 9.97. The molecular formula is C19H22F3N5O2. The van der Waals surface area contributed by atoms with Gasteiger partial charge in [0.05, 0.1) is 31.0 Å². The van der Waals surface area contributed by atoms with E-state index in [1.165, 1.54) is 13.2 Å². The maximum absolute atomic E-state index is 13.1. The van der Waals surface area contributed by atoms with E-state index < -0.39 is 11.7 Å². The second-order valence-electron chi connectivity index (χ2n) is 7.57. The van der Waals surface area contributed by atoms with Crippen molar-refractivity contribution in [1.29, 1.82) is 0 Å². The Morgan fingerprint density at radius 2 is 2.03 bits per heavy atom. The van der Waals surface area contributed by atoms with Crippen LogP contribution in [0.1, 0.15) is 53.5 Å². The van der Waals surface area contributed by atoms with Crippen LogP contribution in [-0.4, -0.2) is 52.0 Å². The number of hydrogen-bond acceptors (Lipinski definition) is 5. The molecule has 0 spiro atoms. The number of likely N-dealkylation sites (tertiary alicyclic amines) is 1. The highest BCUT2D eigenvalue weighted by molar-refractivity contribution is 5.92. The number of benzene rings is 1. The molecule has 1 unspecified atom stereocenters. The molecule has 2 heterocycles. The number of hydrogen-bond donors (Lipinski definition) is 1. The molecule has 29 heavy (non-hydrogen) atoms. The molecule has 1 saturated heterocycles. The van der Waals surface area contributed by atoms with Crippen LogP contribution in [0.5, 0.6) is 5.75 Å². The summed E-state index contributed by atoms with van der Waals surface area (Å²) in [7, 11) is 1.44. The molecular weight excluding hydrogens is 387 g/mol. The van der Waals surface area contributed by atoms with Gasteiger partial charge in [0, 0.05) is 24.7 Å². The van der Waals surface area contributed by atoms with Gasteiger partial charge in [0.25, 0.3) is 5.91 Å². The van der Waals surface area contributed by atoms with E-state index >= 15 is 0 Å². The van der Waals surface area contributed by atoms with Gasteiger partial charge in [-0.15, -0.1) is 5.10 Å². The predicted molar refractivity (Wildman–Crippen MR) is 97.5 cm³/mol. The first-order valence-electron chi connectivity index (χ1n) is 9.48. The van der Waals surface area contributed by atoms with E-state index in [1.54, 1.807) is 10.9 Å². The smallest absolute Gasteiger partial charge is 0.416 e. The first kappa shape index (κ1) is 19.7. The van der Waals surface area contributed by atoms with Gasteiger partial charge in [0.15, 0.2) is 5.69 Å². The number of nitrogens with zero attached hydrogens (tertiary/aromatic N) is 4. The van der Waals surface area contributed by atoms with E-state index in [-0.39, 0.29) is 23.7 Å². The summed E-state index contributed by atoms with van der Waals surface area (Å²) in [4.78, 5) is 14.3. The Labute approximate surface area is 165 Å². The van der Waals surface area contributed by atoms with Gasteiger partial charge in [-0.25, -0.2) is 4.68 Å². The van der Waals surface area contributed by atoms with E-state index in [9.17, 15) is 18.0 Å². The zero-order chi connectivity index (χ0) is 20.8. The number of amides is 1. The molecule has 1 aliphatic carbocycles. The van der Waals surface area contributed by atoms with Crippen LogP contribution in [0.3, 0.4) is 0 Å². The number of alkyl halides is 3. The largest absolute Gasteiger partial charge is 0.496 e. The van der Waals surface area contributed by atoms with Crippen LogP contribution in [0.25, 0.3) is 0 Å². The van der Waals surface area contributed by atoms with Gasteiger partial charge in [-0.3, -0.25) is 9.69 Å². The fraction of sp³-hybridized carbons (Fsp3) is 0.526. The van der Waals surface area contributed by atoms with Gasteiger partial charge in [0.2, 0.25) is 0 Å². The molecule has 10 heteroatoms. The van der Waals surface area contributed by atoms with Crippen LogP contribution in [0.15, 0.2) is 24.4 Å². The fourth-order valence-corrected chi connectivity index (χ4v) is 3.51. The van der Waals surface area contributed by atoms with E-state index in [2.05, 4.69) is 15.6 Å². The van der Waals surface area contributed by atoms with Crippen molar-refractivity contribution in [3.63, 3.8) is 0 Å². The summed E-state index contributed by atoms with van der Waals surface area (Å²) in [6.45, 7) is 2.89. The number of nitrogens with one attached hydrogen (secondary N) is 1. The lowest BCUT2D eigenvalue weighted by Gasteiger charge is -2.43. The van der Waals surface area contributed by atoms with Gasteiger partial charge in [-0.05, 0) is 38.0 Å². The molecule has 1 saturated carbocycles. The molecule has 1 aromatic carbocycles. The Balaban J connectivity index is 1.37. The fourth-order valence-electron chi connectivity index (χ4n) is 3.51. The molecule has 1 aliphatic heterocycles. The SMILES string of the molecule is COc1ccc(C(F)(F)F)cc1C(C)N1CC(NC(=O)c2cn(C3CC3)nn2)C1. The molecule has 0 radical (unpaired) electrons. The minimum absolute atomic E-state index is 0.0900. The van der Waals surface area contributed by atoms with Crippen LogP contribution in [0.2, 0.25) is 0 Å². The maximum atomic E-state index is 13.1. The minimum atomic E-state index is -4.41. The standard InChI is InChI=1S/C19H22F3N5O2/c1-11(15-7-12(19(20,21)22)3-6-17(15)29-2)26-8-13(9-26)23-18(28)16-10-27(25-24-16)14-4-5-14/h3,6-7,10-11,13-14H,4-5,8-9H2,1-2H3,(H,23,28). The van der Waals surface area contributed by atoms with Crippen molar-refractivity contribution in [2.24, 2.45) is 0 Å². The molecule has 2 aromatic rings. The van der Waals surface area contributed by atoms with Crippen LogP contribution < -0.4 is 10.1 Å². The molecule has 2 aliphatic rings. The number of aromatic nitrogens is 3. The van der Waals surface area contributed by atoms with Crippen molar-refractivity contribution in [2.75, 3.05) is 20.2 Å². The van der Waals surface area contributed by atoms with Crippen molar-refractivity contribution >= 4 is 5.91 Å². The normalized spacial score (nSPS) is 18.9. The molecule has 156 valence electrons. The van der Waals surface area contributed by atoms with Crippen molar-refractivity contribution in [2.45, 2.75) is 44.1 Å². The number of carbonyl (C=O) groups excluding carboxylic acids is 1. The number of rotatable bonds is 6. The monoisotopic (exact) mass is 409 g/mol. The molecule has 1 amide bonds. The third kappa shape index (κ3) is 4.07. The van der Waals surface area contributed by atoms with Crippen molar-refractivity contribution < 1.29 is 22.7 Å². The highest BCUT2D eigenvalue weighted by Gasteiger charge is 2.36. The Morgan fingerprint density at radius 1 is 1.31 bits per heavy atom. The van der Waals surface area contributed by atoms with Gasteiger partial charge in [-0.1, -0.05) is 5.21 Å². The Bertz CT molecular complexity index is 903. The average Bonchev–Trinajstić information content (AvgIpc) is 3.39. The topological polar surface area (TPSA) is 72.3 Å². The van der Waals surface area contributed by atoms with E-state index in [0.29, 0.717) is 30.4 Å². The lowest BCUT2D eigenvalue weighted by molar-refractivity contribution is -0.137. The zero-order valence-corrected chi connectivity index (χ0v) is 16.1. The van der Waals surface area contributed by atoms with Crippen LogP contribution in [0.4, 0.5) is 13.2 Å². The number of carbonyl (C=O) groups is 1. The zero-order valence-electron chi connectivity index (χ0n) is 16.1. The quantitative estimate of drug-likeness (QED) is 0.795. The Morgan fingerprint density at radius 3 is 2.66 bits per heavy atom. The van der Waals surface area contributed by atoms with Crippen molar-refractivity contribution in [3.05, 3.63) is 41.2 Å². The van der Waals surface area contributed by atoms with Crippen LogP contribution in [-0.2, 0) is 6.18 Å². The highest BCUT2D eigenvalue weighted by atomic mass is 19.4. The third-order valence-corrected chi connectivity index (χ3v) is 5.46. The molecule has 2 fully saturated rings. The van der Waals surface area contributed by atoms with Gasteiger partial charge in [-0.2, -0.15) is 13.2 Å². The Hall–Kier alpha value is -2.62. The third-order valence-electron chi connectivity index (χ3n) is 5.46. The van der Waals surface area contributed by atoms with Crippen LogP contribution >= 0.6 is 0 Å². The second kappa shape index (κ2) is 7.33. The molecule has 0 bridgehead atoms. The predicted octanol–water partition coefficient (Wildman–Crippen LogP) is 2.82. The summed E-state index contributed by atoms with van der Waals surface area (Å²) in [6, 6.07) is 3.47. The summed E-state index contributed by atoms with van der Waals surface area (Å²) in [5.41, 5.74) is 0.0479. The van der Waals surface area contributed by atoms with Crippen molar-refractivity contribution in [1.82, 2.24) is 25.2 Å². The van der Waals surface area contributed by atoms with Crippen LogP contribution in [0, 0.1) is 0 Å². The summed E-state index contributed by atoms with van der Waals surface area (Å²) < 4.78 is 46.2. The molecule has 1 aromatic heterocycles. The molecule has 7 nitrogen and oxygen atoms in total. The number of halogens is 3. The molecule has 4 rings (SSSR count). The molecule has 1 atom stereocenters. The summed E-state index contributed by atoms with van der Waals surface area (Å²) in [5.74, 6) is 0.125. The summed E-state index contributed by atoms with van der Waals surface area (Å²) in [6.07, 6.45) is -0.651. The van der Waals surface area contributed by atoms with E-state index in [0.717, 1.165) is 25.0 Å².